The number of amides is 1. The topological polar surface area (TPSA) is 49.3 Å². The molecule has 2 aromatic rings. The van der Waals surface area contributed by atoms with Gasteiger partial charge >= 0.3 is 0 Å². The molecule has 170 valence electrons. The SMILES string of the molecule is CCCCCC(=O)N1CCN(c2nc(CCCC)nc3sc4c(c23)CCCCC4)CC1. The van der Waals surface area contributed by atoms with E-state index in [1.54, 1.807) is 4.88 Å². The van der Waals surface area contributed by atoms with Gasteiger partial charge in [0, 0.05) is 43.9 Å². The summed E-state index contributed by atoms with van der Waals surface area (Å²) in [5.74, 6) is 2.47. The van der Waals surface area contributed by atoms with Gasteiger partial charge in [-0.1, -0.05) is 39.5 Å². The second kappa shape index (κ2) is 10.8. The molecule has 0 unspecified atom stereocenters. The van der Waals surface area contributed by atoms with Gasteiger partial charge in [0.1, 0.15) is 16.5 Å². The average molecular weight is 443 g/mol. The molecule has 2 aliphatic rings. The first-order valence-corrected chi connectivity index (χ1v) is 13.4. The van der Waals surface area contributed by atoms with Crippen molar-refractivity contribution < 1.29 is 4.79 Å². The van der Waals surface area contributed by atoms with Crippen LogP contribution >= 0.6 is 11.3 Å². The summed E-state index contributed by atoms with van der Waals surface area (Å²) in [7, 11) is 0. The fraction of sp³-hybridized carbons (Fsp3) is 0.720. The first-order valence-electron chi connectivity index (χ1n) is 12.5. The van der Waals surface area contributed by atoms with Gasteiger partial charge in [-0.25, -0.2) is 9.97 Å². The highest BCUT2D eigenvalue weighted by Gasteiger charge is 2.27. The minimum Gasteiger partial charge on any atom is -0.352 e. The molecular weight excluding hydrogens is 404 g/mol. The Balaban J connectivity index is 1.57. The minimum absolute atomic E-state index is 0.328. The summed E-state index contributed by atoms with van der Waals surface area (Å²) in [4.78, 5) is 29.9. The van der Waals surface area contributed by atoms with Gasteiger partial charge in [0.2, 0.25) is 5.91 Å². The lowest BCUT2D eigenvalue weighted by Crippen LogP contribution is -2.49. The van der Waals surface area contributed by atoms with Crippen LogP contribution in [-0.2, 0) is 24.1 Å². The molecule has 1 fully saturated rings. The zero-order valence-corrected chi connectivity index (χ0v) is 20.2. The number of carbonyl (C=O) groups is 1. The number of unbranched alkanes of at least 4 members (excludes halogenated alkanes) is 3. The van der Waals surface area contributed by atoms with Crippen molar-refractivity contribution in [1.29, 1.82) is 0 Å². The Bertz CT molecular complexity index is 885. The Morgan fingerprint density at radius 3 is 2.48 bits per heavy atom. The normalized spacial score (nSPS) is 17.1. The predicted octanol–water partition coefficient (Wildman–Crippen LogP) is 5.53. The van der Waals surface area contributed by atoms with E-state index in [0.717, 1.165) is 82.8 Å². The van der Waals surface area contributed by atoms with Crippen molar-refractivity contribution in [2.24, 2.45) is 0 Å². The number of aromatic nitrogens is 2. The second-order valence-corrected chi connectivity index (χ2v) is 10.2. The fourth-order valence-electron chi connectivity index (χ4n) is 4.89. The Morgan fingerprint density at radius 2 is 1.71 bits per heavy atom. The number of fused-ring (bicyclic) bond motifs is 3. The number of hydrogen-bond acceptors (Lipinski definition) is 5. The molecule has 3 heterocycles. The molecular formula is C25H38N4OS. The first kappa shape index (κ1) is 22.5. The van der Waals surface area contributed by atoms with Crippen molar-refractivity contribution in [2.75, 3.05) is 31.1 Å². The van der Waals surface area contributed by atoms with E-state index in [0.29, 0.717) is 12.3 Å². The summed E-state index contributed by atoms with van der Waals surface area (Å²) >= 11 is 1.91. The molecule has 0 aromatic carbocycles. The third-order valence-corrected chi connectivity index (χ3v) is 7.96. The van der Waals surface area contributed by atoms with Crippen LogP contribution in [0.4, 0.5) is 5.82 Å². The molecule has 0 bridgehead atoms. The summed E-state index contributed by atoms with van der Waals surface area (Å²) in [5.41, 5.74) is 1.52. The Morgan fingerprint density at radius 1 is 0.935 bits per heavy atom. The highest BCUT2D eigenvalue weighted by molar-refractivity contribution is 7.19. The summed E-state index contributed by atoms with van der Waals surface area (Å²) in [6.07, 6.45) is 13.5. The van der Waals surface area contributed by atoms with Gasteiger partial charge in [-0.05, 0) is 44.1 Å². The van der Waals surface area contributed by atoms with E-state index in [-0.39, 0.29) is 0 Å². The number of hydrogen-bond donors (Lipinski definition) is 0. The van der Waals surface area contributed by atoms with Gasteiger partial charge in [-0.3, -0.25) is 4.79 Å². The van der Waals surface area contributed by atoms with Crippen LogP contribution in [0.3, 0.4) is 0 Å². The van der Waals surface area contributed by atoms with Crippen LogP contribution < -0.4 is 4.90 Å². The van der Waals surface area contributed by atoms with Gasteiger partial charge < -0.3 is 9.80 Å². The summed E-state index contributed by atoms with van der Waals surface area (Å²) in [5, 5.41) is 1.32. The Kier molecular flexibility index (Phi) is 7.81. The van der Waals surface area contributed by atoms with E-state index in [1.807, 2.05) is 11.3 Å². The van der Waals surface area contributed by atoms with Gasteiger partial charge in [-0.15, -0.1) is 11.3 Å². The second-order valence-electron chi connectivity index (χ2n) is 9.14. The largest absolute Gasteiger partial charge is 0.352 e. The Hall–Kier alpha value is -1.69. The van der Waals surface area contributed by atoms with E-state index in [4.69, 9.17) is 9.97 Å². The van der Waals surface area contributed by atoms with Crippen molar-refractivity contribution in [2.45, 2.75) is 90.9 Å². The maximum Gasteiger partial charge on any atom is 0.222 e. The zero-order chi connectivity index (χ0) is 21.6. The molecule has 6 heteroatoms. The molecule has 0 saturated carbocycles. The molecule has 5 nitrogen and oxygen atoms in total. The van der Waals surface area contributed by atoms with Crippen LogP contribution in [0.1, 0.15) is 87.9 Å². The van der Waals surface area contributed by atoms with Crippen LogP contribution in [0.2, 0.25) is 0 Å². The standard InChI is InChI=1S/C25H38N4OS/c1-3-5-8-14-22(30)28-15-17-29(18-16-28)24-23-19-11-9-7-10-12-20(19)31-25(23)27-21(26-24)13-6-4-2/h3-18H2,1-2H3. The van der Waals surface area contributed by atoms with E-state index in [2.05, 4.69) is 23.6 Å². The number of anilines is 1. The predicted molar refractivity (Wildman–Crippen MR) is 130 cm³/mol. The number of rotatable bonds is 8. The average Bonchev–Trinajstić information content (AvgIpc) is 2.98. The number of aryl methyl sites for hydroxylation is 3. The van der Waals surface area contributed by atoms with E-state index in [9.17, 15) is 4.79 Å². The number of thiophene rings is 1. The Labute approximate surface area is 191 Å². The minimum atomic E-state index is 0.328. The fourth-order valence-corrected chi connectivity index (χ4v) is 6.16. The molecule has 0 spiro atoms. The van der Waals surface area contributed by atoms with Crippen molar-refractivity contribution in [1.82, 2.24) is 14.9 Å². The third kappa shape index (κ3) is 5.21. The summed E-state index contributed by atoms with van der Waals surface area (Å²) < 4.78 is 0. The number of piperazine rings is 1. The van der Waals surface area contributed by atoms with E-state index >= 15 is 0 Å². The maximum absolute atomic E-state index is 12.6. The highest BCUT2D eigenvalue weighted by Crippen LogP contribution is 2.39. The number of carbonyl (C=O) groups excluding carboxylic acids is 1. The molecule has 2 aromatic heterocycles. The molecule has 1 amide bonds. The molecule has 1 aliphatic carbocycles. The molecule has 0 N–H and O–H groups in total. The van der Waals surface area contributed by atoms with Crippen molar-refractivity contribution in [3.05, 3.63) is 16.3 Å². The molecule has 4 rings (SSSR count). The summed E-state index contributed by atoms with van der Waals surface area (Å²) in [6, 6.07) is 0. The lowest BCUT2D eigenvalue weighted by Gasteiger charge is -2.36. The van der Waals surface area contributed by atoms with Crippen LogP contribution in [0.15, 0.2) is 0 Å². The quantitative estimate of drug-likeness (QED) is 0.398. The maximum atomic E-state index is 12.6. The lowest BCUT2D eigenvalue weighted by molar-refractivity contribution is -0.131. The van der Waals surface area contributed by atoms with E-state index < -0.39 is 0 Å². The molecule has 0 atom stereocenters. The smallest absolute Gasteiger partial charge is 0.222 e. The van der Waals surface area contributed by atoms with Crippen molar-refractivity contribution >= 4 is 33.3 Å². The van der Waals surface area contributed by atoms with Gasteiger partial charge in [0.15, 0.2) is 0 Å². The molecule has 1 aliphatic heterocycles. The lowest BCUT2D eigenvalue weighted by atomic mass is 10.1. The first-order chi connectivity index (χ1) is 15.2. The van der Waals surface area contributed by atoms with Gasteiger partial charge in [-0.2, -0.15) is 0 Å². The summed E-state index contributed by atoms with van der Waals surface area (Å²) in [6.45, 7) is 7.79. The molecule has 31 heavy (non-hydrogen) atoms. The monoisotopic (exact) mass is 442 g/mol. The molecule has 0 radical (unpaired) electrons. The van der Waals surface area contributed by atoms with Gasteiger partial charge in [0.05, 0.1) is 5.39 Å². The van der Waals surface area contributed by atoms with Crippen molar-refractivity contribution in [3.8, 4) is 0 Å². The zero-order valence-electron chi connectivity index (χ0n) is 19.4. The van der Waals surface area contributed by atoms with Crippen LogP contribution in [0.5, 0.6) is 0 Å². The van der Waals surface area contributed by atoms with Crippen LogP contribution in [0.25, 0.3) is 10.2 Å². The molecule has 1 saturated heterocycles. The highest BCUT2D eigenvalue weighted by atomic mass is 32.1. The van der Waals surface area contributed by atoms with Crippen molar-refractivity contribution in [3.63, 3.8) is 0 Å². The van der Waals surface area contributed by atoms with E-state index in [1.165, 1.54) is 41.5 Å². The number of nitrogens with zero attached hydrogens (tertiary/aromatic N) is 4. The third-order valence-electron chi connectivity index (χ3n) is 6.77. The van der Waals surface area contributed by atoms with Crippen LogP contribution in [0, 0.1) is 0 Å². The van der Waals surface area contributed by atoms with Crippen LogP contribution in [-0.4, -0.2) is 47.0 Å². The van der Waals surface area contributed by atoms with Gasteiger partial charge in [0.25, 0.3) is 0 Å².